The van der Waals surface area contributed by atoms with E-state index in [2.05, 4.69) is 36.9 Å². The largest absolute Gasteiger partial charge is 0.354 e. The number of benzene rings is 1. The summed E-state index contributed by atoms with van der Waals surface area (Å²) in [6, 6.07) is 9.02. The number of hydrogen-bond acceptors (Lipinski definition) is 6. The van der Waals surface area contributed by atoms with Gasteiger partial charge in [0.15, 0.2) is 11.7 Å². The van der Waals surface area contributed by atoms with Crippen molar-refractivity contribution in [3.63, 3.8) is 0 Å². The lowest BCUT2D eigenvalue weighted by Gasteiger charge is -2.19. The lowest BCUT2D eigenvalue weighted by atomic mass is 10.0. The molecule has 140 valence electrons. The van der Waals surface area contributed by atoms with E-state index in [-0.39, 0.29) is 11.8 Å². The number of aromatic nitrogens is 4. The maximum atomic E-state index is 12.7. The number of terminal acetylenes is 1. The summed E-state index contributed by atoms with van der Waals surface area (Å²) in [5.74, 6) is 2.96. The molecule has 2 heterocycles. The Hall–Kier alpha value is -3.08. The van der Waals surface area contributed by atoms with Crippen molar-refractivity contribution in [3.05, 3.63) is 30.3 Å². The molecule has 0 saturated heterocycles. The molecule has 0 radical (unpaired) electrons. The van der Waals surface area contributed by atoms with Gasteiger partial charge in [0.05, 0.1) is 0 Å². The SMILES string of the molecule is C#CCCC1(CCNC(=O)C(C(C)C)n2nnc(-c3ccccc3)n2)N=N1. The van der Waals surface area contributed by atoms with E-state index in [1.165, 1.54) is 4.80 Å². The minimum atomic E-state index is -0.537. The Labute approximate surface area is 158 Å². The van der Waals surface area contributed by atoms with Crippen LogP contribution >= 0.6 is 0 Å². The smallest absolute Gasteiger partial charge is 0.247 e. The fraction of sp³-hybridized carbons (Fsp3) is 0.474. The number of carbonyl (C=O) groups excluding carboxylic acids is 1. The molecule has 1 unspecified atom stereocenters. The summed E-state index contributed by atoms with van der Waals surface area (Å²) < 4.78 is 0. The van der Waals surface area contributed by atoms with E-state index in [9.17, 15) is 4.79 Å². The Balaban J connectivity index is 1.61. The minimum absolute atomic E-state index is 0.00789. The molecule has 0 bridgehead atoms. The van der Waals surface area contributed by atoms with Gasteiger partial charge in [0.2, 0.25) is 11.7 Å². The van der Waals surface area contributed by atoms with Crippen LogP contribution in [0.5, 0.6) is 0 Å². The Bertz CT molecular complexity index is 844. The first-order valence-electron chi connectivity index (χ1n) is 9.05. The van der Waals surface area contributed by atoms with Crippen molar-refractivity contribution >= 4 is 5.91 Å². The van der Waals surface area contributed by atoms with Crippen LogP contribution in [0.1, 0.15) is 39.2 Å². The highest BCUT2D eigenvalue weighted by Gasteiger charge is 2.39. The standard InChI is InChI=1S/C19H23N7O/c1-4-5-11-19(23-24-19)12-13-20-18(27)16(14(2)3)26-22-17(21-25-26)15-9-7-6-8-10-15/h1,6-10,14,16H,5,11-13H2,2-3H3,(H,20,27). The zero-order valence-corrected chi connectivity index (χ0v) is 15.5. The highest BCUT2D eigenvalue weighted by atomic mass is 16.2. The van der Waals surface area contributed by atoms with Crippen LogP contribution in [0.15, 0.2) is 40.6 Å². The molecule has 1 atom stereocenters. The number of nitrogens with one attached hydrogen (secondary N) is 1. The molecule has 0 saturated carbocycles. The third-order valence-electron chi connectivity index (χ3n) is 4.49. The molecule has 8 heteroatoms. The van der Waals surface area contributed by atoms with Gasteiger partial charge in [0.1, 0.15) is 0 Å². The summed E-state index contributed by atoms with van der Waals surface area (Å²) >= 11 is 0. The van der Waals surface area contributed by atoms with Gasteiger partial charge < -0.3 is 5.32 Å². The predicted molar refractivity (Wildman–Crippen MR) is 100 cm³/mol. The number of tetrazole rings is 1. The van der Waals surface area contributed by atoms with Crippen molar-refractivity contribution < 1.29 is 4.79 Å². The van der Waals surface area contributed by atoms with Crippen LogP contribution in [0.4, 0.5) is 0 Å². The predicted octanol–water partition coefficient (Wildman–Crippen LogP) is 2.62. The molecule has 1 aliphatic heterocycles. The fourth-order valence-corrected chi connectivity index (χ4v) is 2.88. The van der Waals surface area contributed by atoms with Crippen LogP contribution < -0.4 is 5.32 Å². The van der Waals surface area contributed by atoms with Gasteiger partial charge in [-0.1, -0.05) is 44.2 Å². The van der Waals surface area contributed by atoms with Gasteiger partial charge in [-0.3, -0.25) is 4.79 Å². The van der Waals surface area contributed by atoms with Crippen molar-refractivity contribution in [1.82, 2.24) is 25.5 Å². The number of nitrogens with zero attached hydrogens (tertiary/aromatic N) is 6. The molecule has 1 aromatic carbocycles. The quantitative estimate of drug-likeness (QED) is 0.691. The van der Waals surface area contributed by atoms with Gasteiger partial charge in [-0.2, -0.15) is 15.0 Å². The van der Waals surface area contributed by atoms with Gasteiger partial charge in [-0.05, 0) is 11.1 Å². The highest BCUT2D eigenvalue weighted by Crippen LogP contribution is 2.36. The van der Waals surface area contributed by atoms with Crippen molar-refractivity contribution in [2.75, 3.05) is 6.54 Å². The second-order valence-corrected chi connectivity index (χ2v) is 6.92. The first kappa shape index (κ1) is 18.7. The molecule has 0 aliphatic carbocycles. The van der Waals surface area contributed by atoms with Gasteiger partial charge in [-0.15, -0.1) is 22.5 Å². The fourth-order valence-electron chi connectivity index (χ4n) is 2.88. The third-order valence-corrected chi connectivity index (χ3v) is 4.49. The average molecular weight is 365 g/mol. The molecular weight excluding hydrogens is 342 g/mol. The lowest BCUT2D eigenvalue weighted by Crippen LogP contribution is -2.38. The molecule has 1 amide bonds. The Morgan fingerprint density at radius 3 is 2.63 bits per heavy atom. The highest BCUT2D eigenvalue weighted by molar-refractivity contribution is 5.80. The summed E-state index contributed by atoms with van der Waals surface area (Å²) in [4.78, 5) is 14.1. The summed E-state index contributed by atoms with van der Waals surface area (Å²) in [6.07, 6.45) is 7.29. The van der Waals surface area contributed by atoms with Crippen molar-refractivity contribution in [3.8, 4) is 23.7 Å². The van der Waals surface area contributed by atoms with Crippen LogP contribution in [-0.4, -0.2) is 38.3 Å². The van der Waals surface area contributed by atoms with Gasteiger partial charge in [0, 0.05) is 31.4 Å². The average Bonchev–Trinajstić information content (AvgIpc) is 3.27. The molecule has 1 aliphatic rings. The maximum absolute atomic E-state index is 12.7. The third kappa shape index (κ3) is 4.56. The monoisotopic (exact) mass is 365 g/mol. The number of carbonyl (C=O) groups is 1. The second-order valence-electron chi connectivity index (χ2n) is 6.92. The first-order chi connectivity index (χ1) is 13.0. The Morgan fingerprint density at radius 1 is 1.26 bits per heavy atom. The Morgan fingerprint density at radius 2 is 2.00 bits per heavy atom. The molecule has 8 nitrogen and oxygen atoms in total. The van der Waals surface area contributed by atoms with E-state index in [4.69, 9.17) is 6.42 Å². The zero-order valence-electron chi connectivity index (χ0n) is 15.5. The van der Waals surface area contributed by atoms with E-state index in [0.717, 1.165) is 12.0 Å². The first-order valence-corrected chi connectivity index (χ1v) is 9.05. The molecule has 0 spiro atoms. The van der Waals surface area contributed by atoms with Gasteiger partial charge >= 0.3 is 0 Å². The van der Waals surface area contributed by atoms with E-state index in [0.29, 0.717) is 25.2 Å². The van der Waals surface area contributed by atoms with Crippen LogP contribution in [0.25, 0.3) is 11.4 Å². The molecule has 1 aromatic heterocycles. The Kier molecular flexibility index (Phi) is 5.60. The van der Waals surface area contributed by atoms with Crippen LogP contribution in [0.2, 0.25) is 0 Å². The summed E-state index contributed by atoms with van der Waals surface area (Å²) in [7, 11) is 0. The summed E-state index contributed by atoms with van der Waals surface area (Å²) in [5, 5.41) is 23.7. The van der Waals surface area contributed by atoms with Gasteiger partial charge in [-0.25, -0.2) is 0 Å². The van der Waals surface area contributed by atoms with Crippen LogP contribution in [-0.2, 0) is 4.79 Å². The molecule has 1 N–H and O–H groups in total. The minimum Gasteiger partial charge on any atom is -0.354 e. The maximum Gasteiger partial charge on any atom is 0.247 e. The van der Waals surface area contributed by atoms with Crippen LogP contribution in [0.3, 0.4) is 0 Å². The van der Waals surface area contributed by atoms with Crippen LogP contribution in [0, 0.1) is 18.3 Å². The van der Waals surface area contributed by atoms with Crippen molar-refractivity contribution in [2.24, 2.45) is 16.1 Å². The van der Waals surface area contributed by atoms with Crippen molar-refractivity contribution in [1.29, 1.82) is 0 Å². The normalized spacial score (nSPS) is 15.3. The van der Waals surface area contributed by atoms with E-state index < -0.39 is 11.7 Å². The van der Waals surface area contributed by atoms with E-state index in [1.807, 2.05) is 44.2 Å². The van der Waals surface area contributed by atoms with Crippen molar-refractivity contribution in [2.45, 2.75) is 44.8 Å². The number of rotatable bonds is 9. The summed E-state index contributed by atoms with van der Waals surface area (Å²) in [5.41, 5.74) is 0.456. The van der Waals surface area contributed by atoms with E-state index in [1.54, 1.807) is 0 Å². The molecular formula is C19H23N7O. The molecule has 0 fully saturated rings. The number of amides is 1. The topological polar surface area (TPSA) is 97.4 Å². The number of hydrogen-bond donors (Lipinski definition) is 1. The molecule has 3 rings (SSSR count). The lowest BCUT2D eigenvalue weighted by molar-refractivity contribution is -0.126. The van der Waals surface area contributed by atoms with Gasteiger partial charge in [0.25, 0.3) is 0 Å². The van der Waals surface area contributed by atoms with E-state index >= 15 is 0 Å². The zero-order chi connectivity index (χ0) is 19.3. The molecule has 2 aromatic rings. The second kappa shape index (κ2) is 8.08. The molecule has 27 heavy (non-hydrogen) atoms. The summed E-state index contributed by atoms with van der Waals surface area (Å²) in [6.45, 7) is 4.38.